The highest BCUT2D eigenvalue weighted by atomic mass is 19.4. The van der Waals surface area contributed by atoms with Crippen molar-refractivity contribution < 1.29 is 18.0 Å². The van der Waals surface area contributed by atoms with Gasteiger partial charge in [-0.15, -0.1) is 0 Å². The van der Waals surface area contributed by atoms with Crippen LogP contribution in [0.15, 0.2) is 60.9 Å². The average molecular weight is 495 g/mol. The number of amides is 1. The molecule has 0 atom stereocenters. The maximum Gasteiger partial charge on any atom is 0.416 e. The van der Waals surface area contributed by atoms with E-state index in [1.807, 2.05) is 13.0 Å². The second-order valence-electron chi connectivity index (χ2n) is 8.68. The molecule has 5 rings (SSSR count). The van der Waals surface area contributed by atoms with E-state index in [4.69, 9.17) is 0 Å². The first-order chi connectivity index (χ1) is 17.3. The Hall–Kier alpha value is -4.05. The molecule has 2 aromatic heterocycles. The number of nitrogens with one attached hydrogen (secondary N) is 4. The Morgan fingerprint density at radius 1 is 1.06 bits per heavy atom. The Kier molecular flexibility index (Phi) is 6.27. The lowest BCUT2D eigenvalue weighted by atomic mass is 10.1. The van der Waals surface area contributed by atoms with Gasteiger partial charge in [0.15, 0.2) is 0 Å². The Labute approximate surface area is 205 Å². The predicted octanol–water partition coefficient (Wildman–Crippen LogP) is 5.30. The van der Waals surface area contributed by atoms with E-state index in [0.717, 1.165) is 54.9 Å². The number of aromatic amines is 1. The molecule has 0 bridgehead atoms. The minimum Gasteiger partial charge on any atom is -0.368 e. The number of carbonyl (C=O) groups is 1. The van der Waals surface area contributed by atoms with Crippen LogP contribution in [0.3, 0.4) is 0 Å². The summed E-state index contributed by atoms with van der Waals surface area (Å²) in [7, 11) is 0. The zero-order chi connectivity index (χ0) is 25.3. The van der Waals surface area contributed by atoms with Crippen LogP contribution in [-0.2, 0) is 6.18 Å². The largest absolute Gasteiger partial charge is 0.416 e. The Morgan fingerprint density at radius 3 is 2.61 bits per heavy atom. The van der Waals surface area contributed by atoms with Crippen LogP contribution in [0.2, 0.25) is 0 Å². The second-order valence-corrected chi connectivity index (χ2v) is 8.68. The fraction of sp³-hybridized carbons (Fsp3) is 0.231. The van der Waals surface area contributed by atoms with E-state index < -0.39 is 11.7 Å². The van der Waals surface area contributed by atoms with Gasteiger partial charge in [0.05, 0.1) is 16.8 Å². The number of anilines is 4. The molecule has 4 aromatic rings. The summed E-state index contributed by atoms with van der Waals surface area (Å²) in [6.07, 6.45) is -1.05. The molecule has 0 unspecified atom stereocenters. The van der Waals surface area contributed by atoms with Gasteiger partial charge in [-0.05, 0) is 48.9 Å². The monoisotopic (exact) mass is 494 g/mol. The van der Waals surface area contributed by atoms with E-state index in [2.05, 4.69) is 30.8 Å². The molecule has 1 amide bonds. The van der Waals surface area contributed by atoms with Gasteiger partial charge in [0.25, 0.3) is 5.91 Å². The fourth-order valence-electron chi connectivity index (χ4n) is 4.35. The average Bonchev–Trinajstić information content (AvgIpc) is 3.34. The molecule has 0 aliphatic carbocycles. The minimum absolute atomic E-state index is 0.300. The molecule has 10 heteroatoms. The van der Waals surface area contributed by atoms with Crippen molar-refractivity contribution >= 4 is 39.7 Å². The lowest BCUT2D eigenvalue weighted by Gasteiger charge is -2.31. The highest BCUT2D eigenvalue weighted by molar-refractivity contribution is 6.12. The number of nitrogens with zero attached hydrogens (tertiary/aromatic N) is 2. The summed E-state index contributed by atoms with van der Waals surface area (Å²) in [5.74, 6) is -0.307. The van der Waals surface area contributed by atoms with E-state index in [-0.39, 0.29) is 5.91 Å². The van der Waals surface area contributed by atoms with Gasteiger partial charge in [-0.25, -0.2) is 4.98 Å². The van der Waals surface area contributed by atoms with Gasteiger partial charge < -0.3 is 25.8 Å². The van der Waals surface area contributed by atoms with Gasteiger partial charge in [0.2, 0.25) is 0 Å². The maximum absolute atomic E-state index is 13.5. The van der Waals surface area contributed by atoms with Gasteiger partial charge in [0, 0.05) is 61.0 Å². The van der Waals surface area contributed by atoms with Gasteiger partial charge in [-0.2, -0.15) is 13.2 Å². The van der Waals surface area contributed by atoms with Gasteiger partial charge in [-0.3, -0.25) is 4.79 Å². The lowest BCUT2D eigenvalue weighted by molar-refractivity contribution is -0.137. The third-order valence-electron chi connectivity index (χ3n) is 6.20. The quantitative estimate of drug-likeness (QED) is 0.303. The van der Waals surface area contributed by atoms with Crippen molar-refractivity contribution in [2.75, 3.05) is 41.7 Å². The number of hydrogen-bond donors (Lipinski definition) is 4. The smallest absolute Gasteiger partial charge is 0.368 e. The standard InChI is InChI=1S/C26H25F3N6O/c1-16-5-6-19(33-18-4-2-3-17(13-18)26(27,28)29)14-22(16)34-25(36)21-15-32-24-20(7-8-31-24)23(21)35-11-9-30-10-12-35/h2-8,13-15,30,33H,9-12H2,1H3,(H,31,32)(H,34,36). The molecule has 0 radical (unpaired) electrons. The summed E-state index contributed by atoms with van der Waals surface area (Å²) >= 11 is 0. The van der Waals surface area contributed by atoms with Crippen molar-refractivity contribution in [2.24, 2.45) is 0 Å². The first-order valence-electron chi connectivity index (χ1n) is 11.6. The first-order valence-corrected chi connectivity index (χ1v) is 11.6. The van der Waals surface area contributed by atoms with E-state index in [1.165, 1.54) is 6.07 Å². The number of fused-ring (bicyclic) bond motifs is 1. The highest BCUT2D eigenvalue weighted by Gasteiger charge is 2.30. The van der Waals surface area contributed by atoms with Gasteiger partial charge in [-0.1, -0.05) is 12.1 Å². The summed E-state index contributed by atoms with van der Waals surface area (Å²) in [4.78, 5) is 23.2. The number of halogens is 3. The Bertz CT molecular complexity index is 1410. The van der Waals surface area contributed by atoms with E-state index in [0.29, 0.717) is 28.3 Å². The van der Waals surface area contributed by atoms with Crippen molar-refractivity contribution in [2.45, 2.75) is 13.1 Å². The summed E-state index contributed by atoms with van der Waals surface area (Å²) in [5.41, 5.74) is 3.49. The summed E-state index contributed by atoms with van der Waals surface area (Å²) in [6.45, 7) is 5.02. The topological polar surface area (TPSA) is 85.1 Å². The van der Waals surface area contributed by atoms with Crippen LogP contribution in [0.5, 0.6) is 0 Å². The van der Waals surface area contributed by atoms with Crippen LogP contribution in [0.1, 0.15) is 21.5 Å². The number of carbonyl (C=O) groups excluding carboxylic acids is 1. The van der Waals surface area contributed by atoms with Crippen molar-refractivity contribution in [1.29, 1.82) is 0 Å². The number of aromatic nitrogens is 2. The van der Waals surface area contributed by atoms with E-state index >= 15 is 0 Å². The third-order valence-corrected chi connectivity index (χ3v) is 6.20. The summed E-state index contributed by atoms with van der Waals surface area (Å²) < 4.78 is 39.2. The second kappa shape index (κ2) is 9.54. The number of piperazine rings is 1. The number of benzene rings is 2. The predicted molar refractivity (Wildman–Crippen MR) is 135 cm³/mol. The van der Waals surface area contributed by atoms with Crippen LogP contribution in [0, 0.1) is 6.92 Å². The van der Waals surface area contributed by atoms with Gasteiger partial charge >= 0.3 is 6.18 Å². The first kappa shape index (κ1) is 23.7. The molecule has 186 valence electrons. The summed E-state index contributed by atoms with van der Waals surface area (Å²) in [5, 5.41) is 10.2. The maximum atomic E-state index is 13.5. The van der Waals surface area contributed by atoms with Crippen molar-refractivity contribution in [3.8, 4) is 0 Å². The van der Waals surface area contributed by atoms with E-state index in [1.54, 1.807) is 36.7 Å². The molecule has 7 nitrogen and oxygen atoms in total. The van der Waals surface area contributed by atoms with Crippen molar-refractivity contribution in [1.82, 2.24) is 15.3 Å². The number of rotatable bonds is 5. The van der Waals surface area contributed by atoms with Crippen LogP contribution < -0.4 is 20.9 Å². The van der Waals surface area contributed by atoms with Crippen LogP contribution in [0.25, 0.3) is 11.0 Å². The molecular formula is C26H25F3N6O. The molecule has 1 aliphatic rings. The zero-order valence-corrected chi connectivity index (χ0v) is 19.5. The number of hydrogen-bond acceptors (Lipinski definition) is 5. The molecule has 1 aliphatic heterocycles. The number of alkyl halides is 3. The molecule has 36 heavy (non-hydrogen) atoms. The zero-order valence-electron chi connectivity index (χ0n) is 19.5. The van der Waals surface area contributed by atoms with Crippen LogP contribution >= 0.6 is 0 Å². The number of H-pyrrole nitrogens is 1. The van der Waals surface area contributed by atoms with Crippen LogP contribution in [0.4, 0.5) is 35.9 Å². The summed E-state index contributed by atoms with van der Waals surface area (Å²) in [6, 6.07) is 12.2. The third kappa shape index (κ3) is 4.85. The molecule has 0 saturated carbocycles. The molecule has 3 heterocycles. The molecule has 4 N–H and O–H groups in total. The Balaban J connectivity index is 1.42. The normalized spacial score (nSPS) is 14.2. The molecule has 2 aromatic carbocycles. The number of aryl methyl sites for hydroxylation is 1. The number of pyridine rings is 1. The SMILES string of the molecule is Cc1ccc(Nc2cccc(C(F)(F)F)c2)cc1NC(=O)c1cnc2[nH]ccc2c1N1CCNCC1. The van der Waals surface area contributed by atoms with E-state index in [9.17, 15) is 18.0 Å². The molecular weight excluding hydrogens is 469 g/mol. The van der Waals surface area contributed by atoms with Gasteiger partial charge in [0.1, 0.15) is 5.65 Å². The molecule has 1 saturated heterocycles. The molecule has 1 fully saturated rings. The minimum atomic E-state index is -4.43. The molecule has 0 spiro atoms. The van der Waals surface area contributed by atoms with Crippen LogP contribution in [-0.4, -0.2) is 42.1 Å². The Morgan fingerprint density at radius 2 is 1.83 bits per heavy atom. The highest BCUT2D eigenvalue weighted by Crippen LogP contribution is 2.33. The fourth-order valence-corrected chi connectivity index (χ4v) is 4.35. The van der Waals surface area contributed by atoms with Crippen molar-refractivity contribution in [3.63, 3.8) is 0 Å². The lowest BCUT2D eigenvalue weighted by Crippen LogP contribution is -2.44. The van der Waals surface area contributed by atoms with Crippen molar-refractivity contribution in [3.05, 3.63) is 77.6 Å².